The van der Waals surface area contributed by atoms with Crippen LogP contribution in [0.15, 0.2) is 51.7 Å². The SMILES string of the molecule is Cc1cc(Br)ccc1Nc1ccnc2cc(Br)cnc12. The average Bonchev–Trinajstić information content (AvgIpc) is 2.41. The number of nitrogens with one attached hydrogen (secondary N) is 1. The predicted molar refractivity (Wildman–Crippen MR) is 89.4 cm³/mol. The van der Waals surface area contributed by atoms with Crippen LogP contribution < -0.4 is 5.32 Å². The van der Waals surface area contributed by atoms with Crippen LogP contribution in [0.1, 0.15) is 5.56 Å². The molecule has 1 N–H and O–H groups in total. The first-order chi connectivity index (χ1) is 9.63. The Morgan fingerprint density at radius 3 is 2.60 bits per heavy atom. The smallest absolute Gasteiger partial charge is 0.112 e. The highest BCUT2D eigenvalue weighted by Gasteiger charge is 2.06. The largest absolute Gasteiger partial charge is 0.353 e. The van der Waals surface area contributed by atoms with E-state index in [1.54, 1.807) is 12.4 Å². The summed E-state index contributed by atoms with van der Waals surface area (Å²) in [5.41, 5.74) is 4.90. The van der Waals surface area contributed by atoms with E-state index in [9.17, 15) is 0 Å². The third-order valence-electron chi connectivity index (χ3n) is 3.00. The zero-order chi connectivity index (χ0) is 14.1. The van der Waals surface area contributed by atoms with E-state index in [0.717, 1.165) is 31.4 Å². The first-order valence-electron chi connectivity index (χ1n) is 6.07. The van der Waals surface area contributed by atoms with Gasteiger partial charge in [-0.05, 0) is 58.7 Å². The molecule has 0 bridgehead atoms. The maximum Gasteiger partial charge on any atom is 0.112 e. The molecule has 20 heavy (non-hydrogen) atoms. The van der Waals surface area contributed by atoms with Crippen LogP contribution in [-0.2, 0) is 0 Å². The summed E-state index contributed by atoms with van der Waals surface area (Å²) < 4.78 is 2.00. The molecule has 2 aromatic heterocycles. The zero-order valence-electron chi connectivity index (χ0n) is 10.7. The number of fused-ring (bicyclic) bond motifs is 1. The van der Waals surface area contributed by atoms with E-state index in [4.69, 9.17) is 0 Å². The van der Waals surface area contributed by atoms with Gasteiger partial charge in [0.05, 0.1) is 11.2 Å². The fraction of sp³-hybridized carbons (Fsp3) is 0.0667. The van der Waals surface area contributed by atoms with Crippen LogP contribution in [0, 0.1) is 6.92 Å². The van der Waals surface area contributed by atoms with Gasteiger partial charge in [-0.15, -0.1) is 0 Å². The second-order valence-electron chi connectivity index (χ2n) is 4.46. The topological polar surface area (TPSA) is 37.8 Å². The molecule has 5 heteroatoms. The summed E-state index contributed by atoms with van der Waals surface area (Å²) in [6, 6.07) is 10.0. The van der Waals surface area contributed by atoms with Crippen molar-refractivity contribution in [1.29, 1.82) is 0 Å². The summed E-state index contributed by atoms with van der Waals surface area (Å²) >= 11 is 6.89. The first kappa shape index (κ1) is 13.5. The minimum atomic E-state index is 0.859. The molecule has 3 rings (SSSR count). The van der Waals surface area contributed by atoms with Gasteiger partial charge in [-0.3, -0.25) is 9.97 Å². The molecular weight excluding hydrogens is 382 g/mol. The molecule has 2 heterocycles. The number of pyridine rings is 2. The van der Waals surface area contributed by atoms with Crippen molar-refractivity contribution >= 4 is 54.3 Å². The molecule has 100 valence electrons. The van der Waals surface area contributed by atoms with Gasteiger partial charge in [0.25, 0.3) is 0 Å². The van der Waals surface area contributed by atoms with E-state index in [0.29, 0.717) is 0 Å². The summed E-state index contributed by atoms with van der Waals surface area (Å²) in [4.78, 5) is 8.78. The van der Waals surface area contributed by atoms with Gasteiger partial charge in [0.2, 0.25) is 0 Å². The van der Waals surface area contributed by atoms with Gasteiger partial charge < -0.3 is 5.32 Å². The van der Waals surface area contributed by atoms with Gasteiger partial charge in [-0.2, -0.15) is 0 Å². The lowest BCUT2D eigenvalue weighted by Crippen LogP contribution is -1.96. The van der Waals surface area contributed by atoms with E-state index in [2.05, 4.69) is 60.1 Å². The Morgan fingerprint density at radius 1 is 0.950 bits per heavy atom. The molecule has 0 aliphatic heterocycles. The average molecular weight is 393 g/mol. The van der Waals surface area contributed by atoms with Crippen LogP contribution in [0.4, 0.5) is 11.4 Å². The first-order valence-corrected chi connectivity index (χ1v) is 7.65. The Hall–Kier alpha value is -1.46. The maximum absolute atomic E-state index is 4.44. The minimum absolute atomic E-state index is 0.859. The number of hydrogen-bond acceptors (Lipinski definition) is 3. The number of aryl methyl sites for hydroxylation is 1. The third-order valence-corrected chi connectivity index (χ3v) is 3.93. The molecule has 0 atom stereocenters. The highest BCUT2D eigenvalue weighted by atomic mass is 79.9. The second kappa shape index (κ2) is 5.50. The molecule has 0 spiro atoms. The number of rotatable bonds is 2. The minimum Gasteiger partial charge on any atom is -0.353 e. The Labute approximate surface area is 133 Å². The monoisotopic (exact) mass is 391 g/mol. The summed E-state index contributed by atoms with van der Waals surface area (Å²) in [6.45, 7) is 2.07. The van der Waals surface area contributed by atoms with Gasteiger partial charge in [-0.1, -0.05) is 15.9 Å². The molecule has 1 aromatic carbocycles. The lowest BCUT2D eigenvalue weighted by Gasteiger charge is -2.11. The molecule has 3 nitrogen and oxygen atoms in total. The quantitative estimate of drug-likeness (QED) is 0.650. The van der Waals surface area contributed by atoms with E-state index in [1.807, 2.05) is 24.3 Å². The van der Waals surface area contributed by atoms with Crippen LogP contribution in [0.2, 0.25) is 0 Å². The Balaban J connectivity index is 2.06. The van der Waals surface area contributed by atoms with Gasteiger partial charge >= 0.3 is 0 Å². The fourth-order valence-corrected chi connectivity index (χ4v) is 2.81. The van der Waals surface area contributed by atoms with Crippen LogP contribution in [0.25, 0.3) is 11.0 Å². The molecular formula is C15H11Br2N3. The highest BCUT2D eigenvalue weighted by molar-refractivity contribution is 9.10. The predicted octanol–water partition coefficient (Wildman–Crippen LogP) is 5.21. The Kier molecular flexibility index (Phi) is 3.72. The Morgan fingerprint density at radius 2 is 1.80 bits per heavy atom. The van der Waals surface area contributed by atoms with Crippen LogP contribution in [0.5, 0.6) is 0 Å². The molecule has 3 aromatic rings. The molecule has 0 aliphatic rings. The lowest BCUT2D eigenvalue weighted by atomic mass is 10.2. The second-order valence-corrected chi connectivity index (χ2v) is 6.30. The molecule has 0 amide bonds. The maximum atomic E-state index is 4.44. The van der Waals surface area contributed by atoms with Crippen molar-refractivity contribution in [1.82, 2.24) is 9.97 Å². The molecule has 0 unspecified atom stereocenters. The molecule has 0 saturated heterocycles. The van der Waals surface area contributed by atoms with E-state index in [1.165, 1.54) is 5.56 Å². The molecule has 0 aliphatic carbocycles. The molecule has 0 fully saturated rings. The van der Waals surface area contributed by atoms with Crippen molar-refractivity contribution in [3.05, 3.63) is 57.2 Å². The van der Waals surface area contributed by atoms with Crippen LogP contribution in [0.3, 0.4) is 0 Å². The van der Waals surface area contributed by atoms with Crippen molar-refractivity contribution in [2.45, 2.75) is 6.92 Å². The summed E-state index contributed by atoms with van der Waals surface area (Å²) in [6.07, 6.45) is 3.57. The van der Waals surface area contributed by atoms with E-state index in [-0.39, 0.29) is 0 Å². The highest BCUT2D eigenvalue weighted by Crippen LogP contribution is 2.28. The van der Waals surface area contributed by atoms with Crippen molar-refractivity contribution in [3.8, 4) is 0 Å². The number of anilines is 2. The van der Waals surface area contributed by atoms with Crippen molar-refractivity contribution in [3.63, 3.8) is 0 Å². The van der Waals surface area contributed by atoms with Gasteiger partial charge in [-0.25, -0.2) is 0 Å². The fourth-order valence-electron chi connectivity index (χ4n) is 2.02. The normalized spacial score (nSPS) is 10.8. The summed E-state index contributed by atoms with van der Waals surface area (Å²) in [7, 11) is 0. The van der Waals surface area contributed by atoms with Gasteiger partial charge in [0.1, 0.15) is 5.52 Å². The van der Waals surface area contributed by atoms with Crippen LogP contribution >= 0.6 is 31.9 Å². The Bertz CT molecular complexity index is 787. The van der Waals surface area contributed by atoms with Gasteiger partial charge in [0, 0.05) is 27.0 Å². The summed E-state index contributed by atoms with van der Waals surface area (Å²) in [5.74, 6) is 0. The van der Waals surface area contributed by atoms with Gasteiger partial charge in [0.15, 0.2) is 0 Å². The van der Waals surface area contributed by atoms with Crippen molar-refractivity contribution < 1.29 is 0 Å². The van der Waals surface area contributed by atoms with E-state index >= 15 is 0 Å². The summed E-state index contributed by atoms with van der Waals surface area (Å²) in [5, 5.41) is 3.42. The number of benzene rings is 1. The van der Waals surface area contributed by atoms with Crippen molar-refractivity contribution in [2.24, 2.45) is 0 Å². The number of hydrogen-bond donors (Lipinski definition) is 1. The number of aromatic nitrogens is 2. The van der Waals surface area contributed by atoms with Crippen molar-refractivity contribution in [2.75, 3.05) is 5.32 Å². The number of nitrogens with zero attached hydrogens (tertiary/aromatic N) is 2. The molecule has 0 radical (unpaired) electrons. The molecule has 0 saturated carbocycles. The van der Waals surface area contributed by atoms with E-state index < -0.39 is 0 Å². The number of halogens is 2. The lowest BCUT2D eigenvalue weighted by molar-refractivity contribution is 1.31. The zero-order valence-corrected chi connectivity index (χ0v) is 13.9. The standard InChI is InChI=1S/C15H11Br2N3/c1-9-6-10(16)2-3-12(9)20-13-4-5-18-14-7-11(17)8-19-15(13)14/h2-8H,1H3,(H,18,20). The van der Waals surface area contributed by atoms with Crippen LogP contribution in [-0.4, -0.2) is 9.97 Å². The third kappa shape index (κ3) is 2.69.